The Morgan fingerprint density at radius 2 is 1.68 bits per heavy atom. The van der Waals surface area contributed by atoms with Crippen molar-refractivity contribution >= 4 is 21.4 Å². The molecule has 0 amide bonds. The Hall–Kier alpha value is -2.02. The highest BCUT2D eigenvalue weighted by Crippen LogP contribution is 2.28. The SMILES string of the molecule is Cc1ccc(-c2nc(C)c(CCNS(=O)(=O)c3ccccc3)s2)cc1. The third-order valence-electron chi connectivity index (χ3n) is 3.89. The van der Waals surface area contributed by atoms with Gasteiger partial charge >= 0.3 is 0 Å². The first-order chi connectivity index (χ1) is 12.0. The van der Waals surface area contributed by atoms with Gasteiger partial charge in [-0.3, -0.25) is 0 Å². The molecule has 3 rings (SSSR count). The molecule has 0 bridgehead atoms. The number of hydrogen-bond donors (Lipinski definition) is 1. The summed E-state index contributed by atoms with van der Waals surface area (Å²) in [6.07, 6.45) is 0.626. The van der Waals surface area contributed by atoms with E-state index in [1.807, 2.05) is 6.92 Å². The van der Waals surface area contributed by atoms with Crippen LogP contribution in [-0.4, -0.2) is 19.9 Å². The highest BCUT2D eigenvalue weighted by molar-refractivity contribution is 7.89. The average Bonchev–Trinajstić information content (AvgIpc) is 2.97. The molecule has 0 fully saturated rings. The highest BCUT2D eigenvalue weighted by Gasteiger charge is 2.14. The van der Waals surface area contributed by atoms with Gasteiger partial charge in [-0.05, 0) is 32.4 Å². The first-order valence-corrected chi connectivity index (χ1v) is 10.3. The molecule has 0 aliphatic carbocycles. The topological polar surface area (TPSA) is 59.1 Å². The van der Waals surface area contributed by atoms with Crippen molar-refractivity contribution in [1.82, 2.24) is 9.71 Å². The summed E-state index contributed by atoms with van der Waals surface area (Å²) in [7, 11) is -3.46. The Labute approximate surface area is 152 Å². The van der Waals surface area contributed by atoms with Crippen molar-refractivity contribution in [1.29, 1.82) is 0 Å². The summed E-state index contributed by atoms with van der Waals surface area (Å²) in [5.41, 5.74) is 3.27. The van der Waals surface area contributed by atoms with Crippen LogP contribution in [0.25, 0.3) is 10.6 Å². The Balaban J connectivity index is 1.67. The van der Waals surface area contributed by atoms with E-state index in [9.17, 15) is 8.42 Å². The fourth-order valence-electron chi connectivity index (χ4n) is 2.46. The van der Waals surface area contributed by atoms with Crippen LogP contribution in [0.4, 0.5) is 0 Å². The number of nitrogens with one attached hydrogen (secondary N) is 1. The van der Waals surface area contributed by atoms with Gasteiger partial charge in [-0.25, -0.2) is 18.1 Å². The van der Waals surface area contributed by atoms with Crippen molar-refractivity contribution in [3.63, 3.8) is 0 Å². The predicted molar refractivity (Wildman–Crippen MR) is 102 cm³/mol. The van der Waals surface area contributed by atoms with Gasteiger partial charge in [0.2, 0.25) is 10.0 Å². The van der Waals surface area contributed by atoms with Gasteiger partial charge < -0.3 is 0 Å². The summed E-state index contributed by atoms with van der Waals surface area (Å²) in [6.45, 7) is 4.38. The Kier molecular flexibility index (Phi) is 5.32. The smallest absolute Gasteiger partial charge is 0.240 e. The number of aromatic nitrogens is 1. The Bertz CT molecular complexity index is 947. The van der Waals surface area contributed by atoms with Crippen molar-refractivity contribution in [2.45, 2.75) is 25.2 Å². The molecule has 2 aromatic carbocycles. The summed E-state index contributed by atoms with van der Waals surface area (Å²) < 4.78 is 27.1. The molecule has 0 unspecified atom stereocenters. The molecule has 0 spiro atoms. The lowest BCUT2D eigenvalue weighted by Crippen LogP contribution is -2.25. The summed E-state index contributed by atoms with van der Waals surface area (Å²) in [5.74, 6) is 0. The second kappa shape index (κ2) is 7.47. The van der Waals surface area contributed by atoms with Crippen molar-refractivity contribution in [2.24, 2.45) is 0 Å². The molecule has 0 atom stereocenters. The fourth-order valence-corrected chi connectivity index (χ4v) is 4.58. The maximum absolute atomic E-state index is 12.2. The zero-order valence-corrected chi connectivity index (χ0v) is 15.8. The van der Waals surface area contributed by atoms with Gasteiger partial charge in [0.15, 0.2) is 0 Å². The molecule has 0 aliphatic rings. The number of thiazole rings is 1. The predicted octanol–water partition coefficient (Wildman–Crippen LogP) is 3.95. The summed E-state index contributed by atoms with van der Waals surface area (Å²) in [4.78, 5) is 6.02. The van der Waals surface area contributed by atoms with Crippen molar-refractivity contribution in [3.8, 4) is 10.6 Å². The van der Waals surface area contributed by atoms with Gasteiger partial charge in [0.05, 0.1) is 10.6 Å². The largest absolute Gasteiger partial charge is 0.241 e. The van der Waals surface area contributed by atoms with E-state index in [1.165, 1.54) is 5.56 Å². The van der Waals surface area contributed by atoms with Crippen molar-refractivity contribution in [2.75, 3.05) is 6.54 Å². The molecule has 0 saturated heterocycles. The molecule has 1 aromatic heterocycles. The van der Waals surface area contributed by atoms with E-state index in [1.54, 1.807) is 41.7 Å². The van der Waals surface area contributed by atoms with Crippen LogP contribution in [0, 0.1) is 13.8 Å². The molecule has 0 saturated carbocycles. The van der Waals surface area contributed by atoms with E-state index in [2.05, 4.69) is 40.9 Å². The van der Waals surface area contributed by atoms with Gasteiger partial charge in [0.25, 0.3) is 0 Å². The highest BCUT2D eigenvalue weighted by atomic mass is 32.2. The lowest BCUT2D eigenvalue weighted by atomic mass is 10.2. The van der Waals surface area contributed by atoms with E-state index in [4.69, 9.17) is 0 Å². The number of hydrogen-bond acceptors (Lipinski definition) is 4. The number of sulfonamides is 1. The van der Waals surface area contributed by atoms with E-state index in [0.717, 1.165) is 21.1 Å². The van der Waals surface area contributed by atoms with Gasteiger partial charge in [0, 0.05) is 17.0 Å². The second-order valence-electron chi connectivity index (χ2n) is 5.85. The first-order valence-electron chi connectivity index (χ1n) is 8.04. The van der Waals surface area contributed by atoms with E-state index in [-0.39, 0.29) is 4.90 Å². The number of nitrogens with zero attached hydrogens (tertiary/aromatic N) is 1. The quantitative estimate of drug-likeness (QED) is 0.713. The zero-order chi connectivity index (χ0) is 17.9. The lowest BCUT2D eigenvalue weighted by Gasteiger charge is -2.05. The average molecular weight is 373 g/mol. The first kappa shape index (κ1) is 17.8. The minimum Gasteiger partial charge on any atom is -0.241 e. The molecular formula is C19H20N2O2S2. The molecule has 6 heteroatoms. The van der Waals surface area contributed by atoms with Crippen LogP contribution >= 0.6 is 11.3 Å². The molecule has 1 heterocycles. The van der Waals surface area contributed by atoms with Gasteiger partial charge in [-0.15, -0.1) is 11.3 Å². The molecule has 0 aliphatic heterocycles. The van der Waals surface area contributed by atoms with Crippen LogP contribution in [0.3, 0.4) is 0 Å². The van der Waals surface area contributed by atoms with Gasteiger partial charge in [-0.2, -0.15) is 0 Å². The molecule has 0 radical (unpaired) electrons. The number of benzene rings is 2. The van der Waals surface area contributed by atoms with Gasteiger partial charge in [-0.1, -0.05) is 48.0 Å². The number of rotatable bonds is 6. The summed E-state index contributed by atoms with van der Waals surface area (Å²) in [6, 6.07) is 16.7. The van der Waals surface area contributed by atoms with Gasteiger partial charge in [0.1, 0.15) is 5.01 Å². The fraction of sp³-hybridized carbons (Fsp3) is 0.211. The monoisotopic (exact) mass is 372 g/mol. The lowest BCUT2D eigenvalue weighted by molar-refractivity contribution is 0.582. The molecule has 4 nitrogen and oxygen atoms in total. The molecule has 1 N–H and O–H groups in total. The maximum Gasteiger partial charge on any atom is 0.240 e. The Morgan fingerprint density at radius 3 is 2.36 bits per heavy atom. The molecule has 3 aromatic rings. The van der Waals surface area contributed by atoms with Crippen LogP contribution in [0.1, 0.15) is 16.1 Å². The molecule has 25 heavy (non-hydrogen) atoms. The summed E-state index contributed by atoms with van der Waals surface area (Å²) in [5, 5.41) is 0.971. The van der Waals surface area contributed by atoms with Crippen molar-refractivity contribution in [3.05, 3.63) is 70.7 Å². The second-order valence-corrected chi connectivity index (χ2v) is 8.71. The third kappa shape index (κ3) is 4.34. The standard InChI is InChI=1S/C19H20N2O2S2/c1-14-8-10-16(11-9-14)19-21-15(2)18(24-19)12-13-20-25(22,23)17-6-4-3-5-7-17/h3-11,20H,12-13H2,1-2H3. The molecular weight excluding hydrogens is 352 g/mol. The summed E-state index contributed by atoms with van der Waals surface area (Å²) >= 11 is 1.62. The van der Waals surface area contributed by atoms with Crippen LogP contribution in [0.2, 0.25) is 0 Å². The van der Waals surface area contributed by atoms with E-state index < -0.39 is 10.0 Å². The minimum atomic E-state index is -3.46. The minimum absolute atomic E-state index is 0.288. The molecule has 130 valence electrons. The van der Waals surface area contributed by atoms with Crippen LogP contribution in [-0.2, 0) is 16.4 Å². The third-order valence-corrected chi connectivity index (χ3v) is 6.63. The number of aryl methyl sites for hydroxylation is 2. The van der Waals surface area contributed by atoms with Crippen LogP contribution in [0.5, 0.6) is 0 Å². The van der Waals surface area contributed by atoms with Crippen LogP contribution < -0.4 is 4.72 Å². The van der Waals surface area contributed by atoms with E-state index >= 15 is 0 Å². The zero-order valence-electron chi connectivity index (χ0n) is 14.2. The van der Waals surface area contributed by atoms with Crippen molar-refractivity contribution < 1.29 is 8.42 Å². The maximum atomic E-state index is 12.2. The normalized spacial score (nSPS) is 11.6. The Morgan fingerprint density at radius 1 is 1.00 bits per heavy atom. The van der Waals surface area contributed by atoms with Crippen LogP contribution in [0.15, 0.2) is 59.5 Å². The van der Waals surface area contributed by atoms with E-state index in [0.29, 0.717) is 13.0 Å².